The summed E-state index contributed by atoms with van der Waals surface area (Å²) in [5.41, 5.74) is 0.947. The number of thioether (sulfide) groups is 1. The maximum absolute atomic E-state index is 12.1. The lowest BCUT2D eigenvalue weighted by Gasteiger charge is -2.43. The van der Waals surface area contributed by atoms with Gasteiger partial charge in [0.05, 0.1) is 0 Å². The molecule has 2 heterocycles. The molecule has 0 saturated carbocycles. The largest absolute Gasteiger partial charge is 0.573 e. The Bertz CT molecular complexity index is 454. The van der Waals surface area contributed by atoms with E-state index in [-0.39, 0.29) is 5.75 Å². The summed E-state index contributed by atoms with van der Waals surface area (Å²) in [6, 6.07) is 7.03. The number of benzene rings is 1. The van der Waals surface area contributed by atoms with Crippen LogP contribution in [0.1, 0.15) is 0 Å². The summed E-state index contributed by atoms with van der Waals surface area (Å²) in [7, 11) is 0. The number of ether oxygens (including phenoxy) is 1. The molecule has 2 aliphatic heterocycles. The second kappa shape index (κ2) is 5.37. The zero-order valence-electron chi connectivity index (χ0n) is 10.7. The van der Waals surface area contributed by atoms with E-state index < -0.39 is 6.36 Å². The van der Waals surface area contributed by atoms with Gasteiger partial charge in [0.1, 0.15) is 5.75 Å². The number of anilines is 1. The number of rotatable bonds is 2. The quantitative estimate of drug-likeness (QED) is 0.907. The maximum atomic E-state index is 12.1. The Hall–Kier alpha value is -1.08. The van der Waals surface area contributed by atoms with E-state index in [0.29, 0.717) is 12.1 Å². The zero-order chi connectivity index (χ0) is 14.2. The molecule has 0 radical (unpaired) electrons. The fourth-order valence-corrected chi connectivity index (χ4v) is 3.78. The van der Waals surface area contributed by atoms with Crippen molar-refractivity contribution in [2.45, 2.75) is 18.4 Å². The summed E-state index contributed by atoms with van der Waals surface area (Å²) in [6.45, 7) is 1.78. The molecular weight excluding hydrogens is 289 g/mol. The minimum atomic E-state index is -4.63. The van der Waals surface area contributed by atoms with Crippen LogP contribution in [-0.2, 0) is 0 Å². The van der Waals surface area contributed by atoms with Crippen LogP contribution in [-0.4, -0.2) is 43.0 Å². The number of hydrogen-bond donors (Lipinski definition) is 1. The highest BCUT2D eigenvalue weighted by molar-refractivity contribution is 7.99. The van der Waals surface area contributed by atoms with Crippen molar-refractivity contribution >= 4 is 17.4 Å². The SMILES string of the molecule is FC(F)(F)Oc1ccc(N2CC3CSCC(C2)N3)cc1. The average molecular weight is 304 g/mol. The van der Waals surface area contributed by atoms with Crippen LogP contribution in [0, 0.1) is 0 Å². The van der Waals surface area contributed by atoms with Crippen LogP contribution < -0.4 is 15.0 Å². The van der Waals surface area contributed by atoms with Crippen molar-refractivity contribution in [3.63, 3.8) is 0 Å². The van der Waals surface area contributed by atoms with Gasteiger partial charge >= 0.3 is 6.36 Å². The molecule has 0 amide bonds. The van der Waals surface area contributed by atoms with Crippen LogP contribution in [0.15, 0.2) is 24.3 Å². The van der Waals surface area contributed by atoms with E-state index in [1.54, 1.807) is 12.1 Å². The van der Waals surface area contributed by atoms with Crippen molar-refractivity contribution in [2.75, 3.05) is 29.5 Å². The molecule has 3 rings (SSSR count). The van der Waals surface area contributed by atoms with Crippen molar-refractivity contribution in [3.05, 3.63) is 24.3 Å². The summed E-state index contributed by atoms with van der Waals surface area (Å²) in [4.78, 5) is 2.23. The third-order valence-corrected chi connectivity index (χ3v) is 4.70. The van der Waals surface area contributed by atoms with Gasteiger partial charge in [0.2, 0.25) is 0 Å². The van der Waals surface area contributed by atoms with E-state index in [0.717, 1.165) is 30.3 Å². The third kappa shape index (κ3) is 3.32. The molecule has 0 spiro atoms. The molecule has 3 nitrogen and oxygen atoms in total. The van der Waals surface area contributed by atoms with Gasteiger partial charge in [-0.05, 0) is 24.3 Å². The van der Waals surface area contributed by atoms with Gasteiger partial charge in [0.15, 0.2) is 0 Å². The maximum Gasteiger partial charge on any atom is 0.573 e. The predicted octanol–water partition coefficient (Wildman–Crippen LogP) is 2.48. The van der Waals surface area contributed by atoms with Crippen LogP contribution in [0.4, 0.5) is 18.9 Å². The first-order valence-electron chi connectivity index (χ1n) is 6.44. The number of fused-ring (bicyclic) bond motifs is 2. The highest BCUT2D eigenvalue weighted by atomic mass is 32.2. The number of alkyl halides is 3. The van der Waals surface area contributed by atoms with Gasteiger partial charge < -0.3 is 15.0 Å². The van der Waals surface area contributed by atoms with E-state index in [1.165, 1.54) is 12.1 Å². The van der Waals surface area contributed by atoms with E-state index in [1.807, 2.05) is 11.8 Å². The Morgan fingerprint density at radius 3 is 2.25 bits per heavy atom. The second-order valence-corrected chi connectivity index (χ2v) is 6.12. The molecule has 0 aliphatic carbocycles. The first-order chi connectivity index (χ1) is 9.49. The number of piperazine rings is 1. The molecular formula is C13H15F3N2OS. The lowest BCUT2D eigenvalue weighted by Crippen LogP contribution is -2.60. The van der Waals surface area contributed by atoms with Gasteiger partial charge in [-0.3, -0.25) is 0 Å². The van der Waals surface area contributed by atoms with Gasteiger partial charge in [-0.2, -0.15) is 11.8 Å². The highest BCUT2D eigenvalue weighted by Gasteiger charge is 2.32. The monoisotopic (exact) mass is 304 g/mol. The normalized spacial score (nSPS) is 26.4. The molecule has 110 valence electrons. The van der Waals surface area contributed by atoms with Gasteiger partial charge in [0.25, 0.3) is 0 Å². The summed E-state index contributed by atoms with van der Waals surface area (Å²) in [5, 5.41) is 3.56. The molecule has 2 bridgehead atoms. The summed E-state index contributed by atoms with van der Waals surface area (Å²) >= 11 is 1.96. The molecule has 7 heteroatoms. The minimum absolute atomic E-state index is 0.174. The lowest BCUT2D eigenvalue weighted by molar-refractivity contribution is -0.274. The van der Waals surface area contributed by atoms with E-state index >= 15 is 0 Å². The fraction of sp³-hybridized carbons (Fsp3) is 0.538. The van der Waals surface area contributed by atoms with Crippen LogP contribution >= 0.6 is 11.8 Å². The average Bonchev–Trinajstić information content (AvgIpc) is 2.37. The van der Waals surface area contributed by atoms with Gasteiger partial charge in [-0.1, -0.05) is 0 Å². The van der Waals surface area contributed by atoms with E-state index in [4.69, 9.17) is 0 Å². The molecule has 1 aromatic rings. The van der Waals surface area contributed by atoms with E-state index in [2.05, 4.69) is 15.0 Å². The molecule has 2 aliphatic rings. The third-order valence-electron chi connectivity index (χ3n) is 3.43. The molecule has 1 N–H and O–H groups in total. The Labute approximate surface area is 119 Å². The topological polar surface area (TPSA) is 24.5 Å². The Kier molecular flexibility index (Phi) is 3.72. The standard InChI is InChI=1S/C13H15F3N2OS/c14-13(15,16)19-12-3-1-11(2-4-12)18-5-9-7-20-8-10(6-18)17-9/h1-4,9-10,17H,5-8H2. The van der Waals surface area contributed by atoms with E-state index in [9.17, 15) is 13.2 Å². The van der Waals surface area contributed by atoms with Crippen LogP contribution in [0.2, 0.25) is 0 Å². The van der Waals surface area contributed by atoms with Crippen molar-refractivity contribution in [2.24, 2.45) is 0 Å². The molecule has 20 heavy (non-hydrogen) atoms. The van der Waals surface area contributed by atoms with Crippen LogP contribution in [0.5, 0.6) is 5.75 Å². The number of hydrogen-bond acceptors (Lipinski definition) is 4. The van der Waals surface area contributed by atoms with Crippen LogP contribution in [0.3, 0.4) is 0 Å². The molecule has 2 unspecified atom stereocenters. The molecule has 1 aromatic carbocycles. The Morgan fingerprint density at radius 1 is 1.10 bits per heavy atom. The molecule has 2 atom stereocenters. The summed E-state index contributed by atoms with van der Waals surface area (Å²) in [5.74, 6) is 2.00. The minimum Gasteiger partial charge on any atom is -0.406 e. The Balaban J connectivity index is 1.68. The second-order valence-electron chi connectivity index (χ2n) is 5.04. The van der Waals surface area contributed by atoms with Crippen molar-refractivity contribution in [1.82, 2.24) is 5.32 Å². The number of nitrogens with zero attached hydrogens (tertiary/aromatic N) is 1. The first-order valence-corrected chi connectivity index (χ1v) is 7.60. The summed E-state index contributed by atoms with van der Waals surface area (Å²) < 4.78 is 40.2. The van der Waals surface area contributed by atoms with Gasteiger partial charge in [0, 0.05) is 42.4 Å². The number of nitrogens with one attached hydrogen (secondary N) is 1. The zero-order valence-corrected chi connectivity index (χ0v) is 11.5. The highest BCUT2D eigenvalue weighted by Crippen LogP contribution is 2.27. The van der Waals surface area contributed by atoms with Crippen molar-refractivity contribution < 1.29 is 17.9 Å². The Morgan fingerprint density at radius 2 is 1.70 bits per heavy atom. The van der Waals surface area contributed by atoms with Crippen LogP contribution in [0.25, 0.3) is 0 Å². The van der Waals surface area contributed by atoms with Crippen molar-refractivity contribution in [3.8, 4) is 5.75 Å². The predicted molar refractivity (Wildman–Crippen MR) is 73.4 cm³/mol. The smallest absolute Gasteiger partial charge is 0.406 e. The van der Waals surface area contributed by atoms with Gasteiger partial charge in [-0.15, -0.1) is 13.2 Å². The van der Waals surface area contributed by atoms with Crippen molar-refractivity contribution in [1.29, 1.82) is 0 Å². The lowest BCUT2D eigenvalue weighted by atomic mass is 10.1. The first kappa shape index (κ1) is 13.9. The molecule has 0 aromatic heterocycles. The van der Waals surface area contributed by atoms with Gasteiger partial charge in [-0.25, -0.2) is 0 Å². The summed E-state index contributed by atoms with van der Waals surface area (Å²) in [6.07, 6.45) is -4.63. The number of halogens is 3. The molecule has 2 saturated heterocycles. The molecule has 2 fully saturated rings. The fourth-order valence-electron chi connectivity index (χ4n) is 2.67.